The molecular weight excluding hydrogens is 333 g/mol. The Hall–Kier alpha value is -2.15. The van der Waals surface area contributed by atoms with Gasteiger partial charge in [-0.3, -0.25) is 9.69 Å². The lowest BCUT2D eigenvalue weighted by molar-refractivity contribution is -0.114. The highest BCUT2D eigenvalue weighted by atomic mass is 19.1. The van der Waals surface area contributed by atoms with Crippen molar-refractivity contribution in [1.82, 2.24) is 15.5 Å². The number of hydrogen-bond acceptors (Lipinski definition) is 3. The summed E-state index contributed by atoms with van der Waals surface area (Å²) < 4.78 is 13.2. The van der Waals surface area contributed by atoms with Gasteiger partial charge in [0.05, 0.1) is 0 Å². The van der Waals surface area contributed by atoms with E-state index in [2.05, 4.69) is 46.6 Å². The molecule has 0 aromatic heterocycles. The largest absolute Gasteiger partial charge is 0.357 e. The van der Waals surface area contributed by atoms with Crippen LogP contribution in [-0.2, 0) is 4.79 Å². The van der Waals surface area contributed by atoms with E-state index in [1.54, 1.807) is 12.1 Å². The lowest BCUT2D eigenvalue weighted by Crippen LogP contribution is -2.47. The van der Waals surface area contributed by atoms with Crippen molar-refractivity contribution in [1.29, 1.82) is 0 Å². The molecule has 1 amide bonds. The Morgan fingerprint density at radius 2 is 2.15 bits per heavy atom. The van der Waals surface area contributed by atoms with Gasteiger partial charge in [0.25, 0.3) is 0 Å². The average molecular weight is 363 g/mol. The van der Waals surface area contributed by atoms with Gasteiger partial charge in [0.1, 0.15) is 12.4 Å². The second kappa shape index (κ2) is 9.52. The van der Waals surface area contributed by atoms with E-state index in [0.29, 0.717) is 36.2 Å². The van der Waals surface area contributed by atoms with Crippen LogP contribution in [0.5, 0.6) is 0 Å². The summed E-state index contributed by atoms with van der Waals surface area (Å²) in [6.45, 7) is 11.3. The van der Waals surface area contributed by atoms with E-state index in [0.717, 1.165) is 13.1 Å². The summed E-state index contributed by atoms with van der Waals surface area (Å²) in [5.74, 6) is 0.467. The number of aliphatic imine (C=N–C) groups is 1. The Kier molecular flexibility index (Phi) is 7.38. The summed E-state index contributed by atoms with van der Waals surface area (Å²) in [7, 11) is 0. The van der Waals surface area contributed by atoms with Crippen LogP contribution in [0, 0.1) is 11.7 Å². The van der Waals surface area contributed by atoms with E-state index in [-0.39, 0.29) is 18.3 Å². The molecule has 6 nitrogen and oxygen atoms in total. The minimum atomic E-state index is -0.383. The number of likely N-dealkylation sites (tertiary alicyclic amines) is 1. The lowest BCUT2D eigenvalue weighted by Gasteiger charge is -2.21. The minimum Gasteiger partial charge on any atom is -0.357 e. The quantitative estimate of drug-likeness (QED) is 0.534. The zero-order valence-electron chi connectivity index (χ0n) is 16.1. The molecule has 2 atom stereocenters. The molecule has 1 aromatic rings. The van der Waals surface area contributed by atoms with Crippen molar-refractivity contribution in [2.24, 2.45) is 10.9 Å². The van der Waals surface area contributed by atoms with Gasteiger partial charge in [0.2, 0.25) is 5.91 Å². The normalized spacial score (nSPS) is 21.1. The van der Waals surface area contributed by atoms with Crippen LogP contribution in [-0.4, -0.2) is 55.0 Å². The van der Waals surface area contributed by atoms with Crippen LogP contribution in [0.15, 0.2) is 29.3 Å². The van der Waals surface area contributed by atoms with Crippen molar-refractivity contribution in [3.63, 3.8) is 0 Å². The van der Waals surface area contributed by atoms with Crippen molar-refractivity contribution >= 4 is 17.6 Å². The van der Waals surface area contributed by atoms with E-state index in [1.807, 2.05) is 6.92 Å². The third-order valence-electron chi connectivity index (χ3n) is 4.53. The smallest absolute Gasteiger partial charge is 0.246 e. The molecule has 0 bridgehead atoms. The fourth-order valence-electron chi connectivity index (χ4n) is 3.03. The average Bonchev–Trinajstić information content (AvgIpc) is 2.94. The van der Waals surface area contributed by atoms with Gasteiger partial charge in [-0.2, -0.15) is 0 Å². The second-order valence-corrected chi connectivity index (χ2v) is 7.03. The zero-order valence-corrected chi connectivity index (χ0v) is 16.1. The number of guanidine groups is 1. The van der Waals surface area contributed by atoms with Gasteiger partial charge in [0.15, 0.2) is 5.96 Å². The summed E-state index contributed by atoms with van der Waals surface area (Å²) in [5, 5.41) is 9.27. The third-order valence-corrected chi connectivity index (χ3v) is 4.53. The number of nitrogens with one attached hydrogen (secondary N) is 3. The summed E-state index contributed by atoms with van der Waals surface area (Å²) >= 11 is 0. The predicted molar refractivity (Wildman–Crippen MR) is 104 cm³/mol. The number of halogens is 1. The number of amides is 1. The van der Waals surface area contributed by atoms with Crippen LogP contribution in [0.25, 0.3) is 0 Å². The number of rotatable bonds is 6. The Morgan fingerprint density at radius 3 is 2.77 bits per heavy atom. The van der Waals surface area contributed by atoms with Gasteiger partial charge in [-0.1, -0.05) is 13.0 Å². The summed E-state index contributed by atoms with van der Waals surface area (Å²) in [4.78, 5) is 18.9. The molecule has 0 aliphatic carbocycles. The molecule has 1 aliphatic heterocycles. The lowest BCUT2D eigenvalue weighted by atomic mass is 10.1. The predicted octanol–water partition coefficient (Wildman–Crippen LogP) is 2.05. The number of benzene rings is 1. The highest BCUT2D eigenvalue weighted by Gasteiger charge is 2.31. The van der Waals surface area contributed by atoms with Crippen LogP contribution in [0.3, 0.4) is 0 Å². The monoisotopic (exact) mass is 363 g/mol. The first kappa shape index (κ1) is 20.2. The van der Waals surface area contributed by atoms with E-state index in [1.165, 1.54) is 12.1 Å². The Bertz CT molecular complexity index is 634. The molecule has 0 radical (unpaired) electrons. The molecule has 1 aliphatic rings. The Balaban J connectivity index is 1.92. The maximum Gasteiger partial charge on any atom is 0.246 e. The summed E-state index contributed by atoms with van der Waals surface area (Å²) in [6.07, 6.45) is 0. The first-order valence-corrected chi connectivity index (χ1v) is 9.23. The molecule has 3 N–H and O–H groups in total. The number of carbonyl (C=O) groups is 1. The topological polar surface area (TPSA) is 68.8 Å². The molecule has 2 rings (SSSR count). The molecule has 1 heterocycles. The fraction of sp³-hybridized carbons (Fsp3) is 0.579. The van der Waals surface area contributed by atoms with Gasteiger partial charge >= 0.3 is 0 Å². The van der Waals surface area contributed by atoms with Crippen LogP contribution in [0.2, 0.25) is 0 Å². The molecule has 0 saturated carbocycles. The van der Waals surface area contributed by atoms with E-state index in [4.69, 9.17) is 0 Å². The van der Waals surface area contributed by atoms with Crippen molar-refractivity contribution in [3.8, 4) is 0 Å². The maximum absolute atomic E-state index is 13.2. The fourth-order valence-corrected chi connectivity index (χ4v) is 3.03. The highest BCUT2D eigenvalue weighted by molar-refractivity contribution is 5.94. The standard InChI is InChI=1S/C19H30FN5O/c1-5-21-19(24-17-12-25(13(2)3)11-14(17)4)22-10-18(26)23-16-8-6-7-15(20)9-16/h6-9,13-14,17H,5,10-12H2,1-4H3,(H,23,26)(H2,21,22,24). The second-order valence-electron chi connectivity index (χ2n) is 7.03. The third kappa shape index (κ3) is 5.98. The number of carbonyl (C=O) groups excluding carboxylic acids is 1. The van der Waals surface area contributed by atoms with Gasteiger partial charge < -0.3 is 16.0 Å². The van der Waals surface area contributed by atoms with Crippen LogP contribution >= 0.6 is 0 Å². The van der Waals surface area contributed by atoms with Gasteiger partial charge in [-0.15, -0.1) is 0 Å². The van der Waals surface area contributed by atoms with Crippen molar-refractivity contribution in [3.05, 3.63) is 30.1 Å². The molecule has 1 saturated heterocycles. The summed E-state index contributed by atoms with van der Waals surface area (Å²) in [5.41, 5.74) is 0.431. The molecule has 2 unspecified atom stereocenters. The number of anilines is 1. The van der Waals surface area contributed by atoms with Crippen LogP contribution in [0.1, 0.15) is 27.7 Å². The zero-order chi connectivity index (χ0) is 19.1. The van der Waals surface area contributed by atoms with Crippen molar-refractivity contribution < 1.29 is 9.18 Å². The Morgan fingerprint density at radius 1 is 1.38 bits per heavy atom. The van der Waals surface area contributed by atoms with Crippen molar-refractivity contribution in [2.45, 2.75) is 39.8 Å². The minimum absolute atomic E-state index is 0.0269. The Labute approximate surface area is 155 Å². The first-order valence-electron chi connectivity index (χ1n) is 9.23. The van der Waals surface area contributed by atoms with Crippen molar-refractivity contribution in [2.75, 3.05) is 31.5 Å². The van der Waals surface area contributed by atoms with E-state index in [9.17, 15) is 9.18 Å². The highest BCUT2D eigenvalue weighted by Crippen LogP contribution is 2.18. The van der Waals surface area contributed by atoms with Gasteiger partial charge in [-0.05, 0) is 44.9 Å². The van der Waals surface area contributed by atoms with Crippen LogP contribution < -0.4 is 16.0 Å². The molecule has 1 fully saturated rings. The molecular formula is C19H30FN5O. The molecule has 26 heavy (non-hydrogen) atoms. The molecule has 0 spiro atoms. The first-order chi connectivity index (χ1) is 12.4. The SMILES string of the molecule is CCNC(=NCC(=O)Nc1cccc(F)c1)NC1CN(C(C)C)CC1C. The molecule has 1 aromatic carbocycles. The van der Waals surface area contributed by atoms with Gasteiger partial charge in [0, 0.05) is 37.4 Å². The number of nitrogens with zero attached hydrogens (tertiary/aromatic N) is 2. The molecule has 7 heteroatoms. The van der Waals surface area contributed by atoms with E-state index >= 15 is 0 Å². The van der Waals surface area contributed by atoms with E-state index < -0.39 is 0 Å². The molecule has 144 valence electrons. The summed E-state index contributed by atoms with van der Waals surface area (Å²) in [6, 6.07) is 6.63. The maximum atomic E-state index is 13.2. The number of hydrogen-bond donors (Lipinski definition) is 3. The van der Waals surface area contributed by atoms with Gasteiger partial charge in [-0.25, -0.2) is 9.38 Å². The van der Waals surface area contributed by atoms with Crippen LogP contribution in [0.4, 0.5) is 10.1 Å².